The molecule has 6 atom stereocenters. The van der Waals surface area contributed by atoms with Crippen LogP contribution in [-0.2, 0) is 24.0 Å². The van der Waals surface area contributed by atoms with E-state index in [4.69, 9.17) is 17.2 Å². The summed E-state index contributed by atoms with van der Waals surface area (Å²) >= 11 is 0. The average molecular weight is 489 g/mol. The van der Waals surface area contributed by atoms with Crippen molar-refractivity contribution in [2.24, 2.45) is 23.1 Å². The molecule has 0 aliphatic rings. The van der Waals surface area contributed by atoms with Gasteiger partial charge in [-0.2, -0.15) is 0 Å². The van der Waals surface area contributed by atoms with Crippen LogP contribution in [0.3, 0.4) is 0 Å². The standard InChI is InChI=1S/C21H40N6O7/c1-4-11(2)17(21(33)34)27-19(31)14(8-9-15(23)29)25-18(30)13(7-5-6-10-22)26-20(32)16(24)12(3)28/h11-14,16-17,28H,4-10,22,24H2,1-3H3,(H2,23,29)(H,25,30)(H,26,32)(H,27,31)(H,33,34). The zero-order chi connectivity index (χ0) is 26.4. The molecule has 6 unspecified atom stereocenters. The number of hydrogen-bond donors (Lipinski definition) is 8. The highest BCUT2D eigenvalue weighted by Crippen LogP contribution is 2.10. The predicted molar refractivity (Wildman–Crippen MR) is 124 cm³/mol. The summed E-state index contributed by atoms with van der Waals surface area (Å²) in [5, 5.41) is 26.3. The van der Waals surface area contributed by atoms with Crippen LogP contribution in [0.25, 0.3) is 0 Å². The second kappa shape index (κ2) is 16.0. The molecule has 4 amide bonds. The van der Waals surface area contributed by atoms with Gasteiger partial charge in [-0.1, -0.05) is 20.3 Å². The summed E-state index contributed by atoms with van der Waals surface area (Å²) in [4.78, 5) is 60.9. The zero-order valence-electron chi connectivity index (χ0n) is 20.1. The molecule has 0 aromatic carbocycles. The highest BCUT2D eigenvalue weighted by atomic mass is 16.4. The van der Waals surface area contributed by atoms with Crippen LogP contribution in [0.1, 0.15) is 59.3 Å². The lowest BCUT2D eigenvalue weighted by atomic mass is 9.98. The van der Waals surface area contributed by atoms with Crippen LogP contribution in [0, 0.1) is 5.92 Å². The molecule has 0 saturated heterocycles. The monoisotopic (exact) mass is 488 g/mol. The molecule has 11 N–H and O–H groups in total. The van der Waals surface area contributed by atoms with Crippen molar-refractivity contribution in [2.75, 3.05) is 6.54 Å². The van der Waals surface area contributed by atoms with Crippen LogP contribution >= 0.6 is 0 Å². The van der Waals surface area contributed by atoms with Gasteiger partial charge in [-0.25, -0.2) is 4.79 Å². The maximum atomic E-state index is 13.0. The molecular formula is C21H40N6O7. The number of aliphatic hydroxyl groups is 1. The van der Waals surface area contributed by atoms with Crippen LogP contribution in [0.2, 0.25) is 0 Å². The molecule has 0 heterocycles. The normalized spacial score (nSPS) is 16.3. The molecule has 0 aliphatic carbocycles. The third-order valence-corrected chi connectivity index (χ3v) is 5.49. The highest BCUT2D eigenvalue weighted by molar-refractivity contribution is 5.94. The van der Waals surface area contributed by atoms with E-state index in [0.29, 0.717) is 25.8 Å². The molecule has 13 heteroatoms. The Hall–Kier alpha value is -2.77. The minimum Gasteiger partial charge on any atom is -0.480 e. The van der Waals surface area contributed by atoms with E-state index in [0.717, 1.165) is 0 Å². The fourth-order valence-corrected chi connectivity index (χ4v) is 3.01. The summed E-state index contributed by atoms with van der Waals surface area (Å²) < 4.78 is 0. The van der Waals surface area contributed by atoms with Gasteiger partial charge in [-0.05, 0) is 45.1 Å². The van der Waals surface area contributed by atoms with Crippen LogP contribution in [-0.4, -0.2) is 76.6 Å². The summed E-state index contributed by atoms with van der Waals surface area (Å²) in [7, 11) is 0. The summed E-state index contributed by atoms with van der Waals surface area (Å²) in [6.07, 6.45) is 0.141. The topological polar surface area (TPSA) is 240 Å². The van der Waals surface area contributed by atoms with E-state index in [1.165, 1.54) is 6.92 Å². The fraction of sp³-hybridized carbons (Fsp3) is 0.762. The van der Waals surface area contributed by atoms with Crippen LogP contribution in [0.15, 0.2) is 0 Å². The molecule has 13 nitrogen and oxygen atoms in total. The van der Waals surface area contributed by atoms with Crippen LogP contribution in [0.5, 0.6) is 0 Å². The van der Waals surface area contributed by atoms with Gasteiger partial charge in [-0.3, -0.25) is 19.2 Å². The Kier molecular flexibility index (Phi) is 14.7. The van der Waals surface area contributed by atoms with E-state index in [2.05, 4.69) is 16.0 Å². The molecule has 0 aliphatic heterocycles. The van der Waals surface area contributed by atoms with Gasteiger partial charge in [0.1, 0.15) is 24.2 Å². The Bertz CT molecular complexity index is 703. The second-order valence-electron chi connectivity index (χ2n) is 8.39. The van der Waals surface area contributed by atoms with E-state index in [-0.39, 0.29) is 25.2 Å². The number of rotatable bonds is 17. The number of amides is 4. The molecular weight excluding hydrogens is 448 g/mol. The smallest absolute Gasteiger partial charge is 0.326 e. The highest BCUT2D eigenvalue weighted by Gasteiger charge is 2.32. The quantitative estimate of drug-likeness (QED) is 0.102. The predicted octanol–water partition coefficient (Wildman–Crippen LogP) is -2.33. The molecule has 0 spiro atoms. The lowest BCUT2D eigenvalue weighted by molar-refractivity contribution is -0.144. The number of unbranched alkanes of at least 4 members (excludes halogenated alkanes) is 1. The van der Waals surface area contributed by atoms with Crippen molar-refractivity contribution in [2.45, 2.75) is 89.6 Å². The third kappa shape index (κ3) is 11.4. The first-order valence-corrected chi connectivity index (χ1v) is 11.4. The number of hydrogen-bond acceptors (Lipinski definition) is 8. The number of primary amides is 1. The number of aliphatic hydroxyl groups excluding tert-OH is 1. The van der Waals surface area contributed by atoms with E-state index in [9.17, 15) is 34.2 Å². The molecule has 0 rings (SSSR count). The number of carboxylic acid groups (broad SMARTS) is 1. The molecule has 34 heavy (non-hydrogen) atoms. The largest absolute Gasteiger partial charge is 0.480 e. The molecule has 0 radical (unpaired) electrons. The van der Waals surface area contributed by atoms with E-state index < -0.39 is 59.9 Å². The maximum Gasteiger partial charge on any atom is 0.326 e. The van der Waals surface area contributed by atoms with Crippen molar-refractivity contribution in [1.82, 2.24) is 16.0 Å². The first-order chi connectivity index (χ1) is 15.8. The SMILES string of the molecule is CCC(C)C(NC(=O)C(CCC(N)=O)NC(=O)C(CCCCN)NC(=O)C(N)C(C)O)C(=O)O. The van der Waals surface area contributed by atoms with Gasteiger partial charge in [0.15, 0.2) is 0 Å². The van der Waals surface area contributed by atoms with E-state index in [1.54, 1.807) is 13.8 Å². The Morgan fingerprint density at radius 2 is 1.41 bits per heavy atom. The van der Waals surface area contributed by atoms with Crippen LogP contribution in [0.4, 0.5) is 0 Å². The second-order valence-corrected chi connectivity index (χ2v) is 8.39. The van der Waals surface area contributed by atoms with Crippen molar-refractivity contribution in [1.29, 1.82) is 0 Å². The van der Waals surface area contributed by atoms with Crippen molar-refractivity contribution in [3.05, 3.63) is 0 Å². The lowest BCUT2D eigenvalue weighted by Crippen LogP contribution is -2.58. The average Bonchev–Trinajstić information content (AvgIpc) is 2.77. The Morgan fingerprint density at radius 1 is 0.882 bits per heavy atom. The number of aliphatic carboxylic acids is 1. The van der Waals surface area contributed by atoms with Gasteiger partial charge in [0.2, 0.25) is 23.6 Å². The van der Waals surface area contributed by atoms with Crippen molar-refractivity contribution in [3.63, 3.8) is 0 Å². The van der Waals surface area contributed by atoms with Gasteiger partial charge >= 0.3 is 5.97 Å². The summed E-state index contributed by atoms with van der Waals surface area (Å²) in [5.74, 6) is -4.62. The minimum atomic E-state index is -1.27. The van der Waals surface area contributed by atoms with Gasteiger partial charge in [0.05, 0.1) is 6.10 Å². The Morgan fingerprint density at radius 3 is 1.88 bits per heavy atom. The van der Waals surface area contributed by atoms with Gasteiger partial charge in [0, 0.05) is 6.42 Å². The van der Waals surface area contributed by atoms with E-state index in [1.807, 2.05) is 0 Å². The zero-order valence-corrected chi connectivity index (χ0v) is 20.1. The number of carbonyl (C=O) groups excluding carboxylic acids is 4. The molecule has 196 valence electrons. The molecule has 0 fully saturated rings. The Labute approximate surface area is 199 Å². The minimum absolute atomic E-state index is 0.170. The first kappa shape index (κ1) is 31.2. The van der Waals surface area contributed by atoms with Gasteiger partial charge in [-0.15, -0.1) is 0 Å². The fourth-order valence-electron chi connectivity index (χ4n) is 3.01. The lowest BCUT2D eigenvalue weighted by Gasteiger charge is -2.26. The molecule has 0 aromatic heterocycles. The molecule has 0 bridgehead atoms. The third-order valence-electron chi connectivity index (χ3n) is 5.49. The maximum absolute atomic E-state index is 13.0. The summed E-state index contributed by atoms with van der Waals surface area (Å²) in [5.41, 5.74) is 16.3. The molecule has 0 saturated carbocycles. The molecule has 0 aromatic rings. The van der Waals surface area contributed by atoms with Gasteiger partial charge in [0.25, 0.3) is 0 Å². The first-order valence-electron chi connectivity index (χ1n) is 11.4. The van der Waals surface area contributed by atoms with Crippen molar-refractivity contribution < 1.29 is 34.2 Å². The van der Waals surface area contributed by atoms with Gasteiger partial charge < -0.3 is 43.4 Å². The number of carboxylic acids is 1. The number of nitrogens with one attached hydrogen (secondary N) is 3. The number of nitrogens with two attached hydrogens (primary N) is 3. The van der Waals surface area contributed by atoms with Crippen molar-refractivity contribution in [3.8, 4) is 0 Å². The summed E-state index contributed by atoms with van der Waals surface area (Å²) in [6.45, 7) is 5.12. The number of carbonyl (C=O) groups is 5. The van der Waals surface area contributed by atoms with E-state index >= 15 is 0 Å². The van der Waals surface area contributed by atoms with Crippen LogP contribution < -0.4 is 33.2 Å². The summed E-state index contributed by atoms with van der Waals surface area (Å²) in [6, 6.07) is -4.84. The van der Waals surface area contributed by atoms with Crippen molar-refractivity contribution >= 4 is 29.6 Å². The Balaban J connectivity index is 5.62.